The molecule has 1 aromatic carbocycles. The summed E-state index contributed by atoms with van der Waals surface area (Å²) < 4.78 is 0. The van der Waals surface area contributed by atoms with Crippen LogP contribution in [-0.4, -0.2) is 42.4 Å². The summed E-state index contributed by atoms with van der Waals surface area (Å²) in [4.78, 5) is 27.2. The molecule has 2 unspecified atom stereocenters. The van der Waals surface area contributed by atoms with Crippen molar-refractivity contribution in [2.75, 3.05) is 25.0 Å². The lowest BCUT2D eigenvalue weighted by Gasteiger charge is -2.33. The lowest BCUT2D eigenvalue weighted by Crippen LogP contribution is -2.42. The Hall–Kier alpha value is -1.88. The fourth-order valence-electron chi connectivity index (χ4n) is 4.69. The topological polar surface area (TPSA) is 61.4 Å². The number of hydrogen-bond donors (Lipinski definition) is 2. The molecular weight excluding hydrogens is 326 g/mol. The molecule has 1 saturated carbocycles. The van der Waals surface area contributed by atoms with E-state index in [2.05, 4.69) is 17.6 Å². The van der Waals surface area contributed by atoms with Gasteiger partial charge in [-0.15, -0.1) is 0 Å². The molecule has 0 bridgehead atoms. The summed E-state index contributed by atoms with van der Waals surface area (Å²) in [5.41, 5.74) is 1.74. The van der Waals surface area contributed by atoms with Crippen LogP contribution in [0.25, 0.3) is 0 Å². The van der Waals surface area contributed by atoms with Gasteiger partial charge in [-0.25, -0.2) is 0 Å². The largest absolute Gasteiger partial charge is 0.336 e. The Kier molecular flexibility index (Phi) is 4.74. The fraction of sp³-hybridized carbons (Fsp3) is 0.619. The predicted octanol–water partition coefficient (Wildman–Crippen LogP) is 3.03. The molecule has 2 saturated heterocycles. The highest BCUT2D eigenvalue weighted by Gasteiger charge is 2.57. The van der Waals surface area contributed by atoms with Crippen molar-refractivity contribution in [1.82, 2.24) is 10.2 Å². The maximum Gasteiger partial charge on any atom is 0.254 e. The Morgan fingerprint density at radius 1 is 1.15 bits per heavy atom. The van der Waals surface area contributed by atoms with Crippen LogP contribution in [0.3, 0.4) is 0 Å². The van der Waals surface area contributed by atoms with Gasteiger partial charge in [-0.3, -0.25) is 9.59 Å². The molecule has 2 amide bonds. The number of carbonyl (C=O) groups excluding carboxylic acids is 2. The number of rotatable bonds is 3. The second kappa shape index (κ2) is 7.03. The molecule has 3 fully saturated rings. The number of amides is 2. The average Bonchev–Trinajstić information content (AvgIpc) is 3.36. The Bertz CT molecular complexity index is 679. The van der Waals surface area contributed by atoms with E-state index in [0.29, 0.717) is 11.6 Å². The molecule has 1 spiro atoms. The van der Waals surface area contributed by atoms with E-state index < -0.39 is 0 Å². The van der Waals surface area contributed by atoms with Gasteiger partial charge in [0.1, 0.15) is 0 Å². The number of hydrogen-bond acceptors (Lipinski definition) is 3. The maximum atomic E-state index is 12.7. The lowest BCUT2D eigenvalue weighted by atomic mass is 9.92. The monoisotopic (exact) mass is 355 g/mol. The molecule has 2 heterocycles. The van der Waals surface area contributed by atoms with Crippen molar-refractivity contribution in [2.45, 2.75) is 51.5 Å². The molecule has 2 aliphatic heterocycles. The Balaban J connectivity index is 1.36. The molecule has 4 rings (SSSR count). The van der Waals surface area contributed by atoms with E-state index in [4.69, 9.17) is 0 Å². The van der Waals surface area contributed by atoms with Crippen LogP contribution in [0.1, 0.15) is 55.8 Å². The summed E-state index contributed by atoms with van der Waals surface area (Å²) in [6.45, 7) is 5.01. The van der Waals surface area contributed by atoms with E-state index in [1.807, 2.05) is 29.2 Å². The van der Waals surface area contributed by atoms with E-state index in [0.717, 1.165) is 57.4 Å². The first-order valence-electron chi connectivity index (χ1n) is 10.0. The molecule has 2 N–H and O–H groups in total. The van der Waals surface area contributed by atoms with Crippen molar-refractivity contribution in [3.05, 3.63) is 29.8 Å². The van der Waals surface area contributed by atoms with Crippen molar-refractivity contribution in [3.8, 4) is 0 Å². The van der Waals surface area contributed by atoms with Crippen molar-refractivity contribution in [3.63, 3.8) is 0 Å². The Morgan fingerprint density at radius 3 is 2.58 bits per heavy atom. The molecule has 3 aliphatic rings. The molecule has 140 valence electrons. The van der Waals surface area contributed by atoms with Gasteiger partial charge in [-0.05, 0) is 88.2 Å². The first-order chi connectivity index (χ1) is 12.6. The highest BCUT2D eigenvalue weighted by atomic mass is 16.2. The number of likely N-dealkylation sites (tertiary alicyclic amines) is 1. The summed E-state index contributed by atoms with van der Waals surface area (Å²) in [6.07, 6.45) is 6.60. The van der Waals surface area contributed by atoms with Crippen LogP contribution in [-0.2, 0) is 4.79 Å². The van der Waals surface area contributed by atoms with E-state index in [1.165, 1.54) is 6.42 Å². The van der Waals surface area contributed by atoms with Crippen LogP contribution in [0, 0.1) is 11.3 Å². The van der Waals surface area contributed by atoms with Crippen molar-refractivity contribution < 1.29 is 9.59 Å². The SMILES string of the molecule is CC1CCCCN1C(=O)c1ccc(NC(=O)C2CC23CCNCC3)cc1. The third-order valence-electron chi connectivity index (χ3n) is 6.57. The summed E-state index contributed by atoms with van der Waals surface area (Å²) in [5.74, 6) is 0.390. The van der Waals surface area contributed by atoms with Crippen LogP contribution in [0.5, 0.6) is 0 Å². The Morgan fingerprint density at radius 2 is 1.88 bits per heavy atom. The number of nitrogens with one attached hydrogen (secondary N) is 2. The third kappa shape index (κ3) is 3.37. The quantitative estimate of drug-likeness (QED) is 0.876. The van der Waals surface area contributed by atoms with Gasteiger partial charge in [0.2, 0.25) is 5.91 Å². The molecule has 2 atom stereocenters. The molecule has 5 heteroatoms. The lowest BCUT2D eigenvalue weighted by molar-refractivity contribution is -0.118. The van der Waals surface area contributed by atoms with Gasteiger partial charge >= 0.3 is 0 Å². The van der Waals surface area contributed by atoms with Crippen LogP contribution in [0.15, 0.2) is 24.3 Å². The van der Waals surface area contributed by atoms with Crippen LogP contribution in [0.2, 0.25) is 0 Å². The molecular formula is C21H29N3O2. The first kappa shape index (κ1) is 17.5. The van der Waals surface area contributed by atoms with E-state index >= 15 is 0 Å². The standard InChI is InChI=1S/C21H29N3O2/c1-15-4-2-3-13-24(15)20(26)16-5-7-17(8-6-16)23-19(25)18-14-21(18)9-11-22-12-10-21/h5-8,15,18,22H,2-4,9-14H2,1H3,(H,23,25). The zero-order chi connectivity index (χ0) is 18.1. The zero-order valence-corrected chi connectivity index (χ0v) is 15.6. The van der Waals surface area contributed by atoms with E-state index in [1.54, 1.807) is 0 Å². The van der Waals surface area contributed by atoms with E-state index in [9.17, 15) is 9.59 Å². The minimum absolute atomic E-state index is 0.103. The number of piperidine rings is 2. The van der Waals surface area contributed by atoms with Crippen LogP contribution < -0.4 is 10.6 Å². The van der Waals surface area contributed by atoms with E-state index in [-0.39, 0.29) is 23.1 Å². The minimum atomic E-state index is 0.103. The molecule has 1 aromatic rings. The predicted molar refractivity (Wildman–Crippen MR) is 102 cm³/mol. The summed E-state index contributed by atoms with van der Waals surface area (Å²) in [7, 11) is 0. The second-order valence-electron chi connectivity index (χ2n) is 8.28. The van der Waals surface area contributed by atoms with Crippen LogP contribution >= 0.6 is 0 Å². The average molecular weight is 355 g/mol. The number of anilines is 1. The second-order valence-corrected chi connectivity index (χ2v) is 8.28. The minimum Gasteiger partial charge on any atom is -0.336 e. The number of nitrogens with zero attached hydrogens (tertiary/aromatic N) is 1. The van der Waals surface area contributed by atoms with Gasteiger partial charge in [0.15, 0.2) is 0 Å². The molecule has 0 radical (unpaired) electrons. The third-order valence-corrected chi connectivity index (χ3v) is 6.57. The van der Waals surface area contributed by atoms with Gasteiger partial charge < -0.3 is 15.5 Å². The maximum absolute atomic E-state index is 12.7. The van der Waals surface area contributed by atoms with Gasteiger partial charge in [0, 0.05) is 29.8 Å². The smallest absolute Gasteiger partial charge is 0.254 e. The highest BCUT2D eigenvalue weighted by Crippen LogP contribution is 2.58. The Labute approximate surface area is 155 Å². The molecule has 5 nitrogen and oxygen atoms in total. The highest BCUT2D eigenvalue weighted by molar-refractivity contribution is 5.97. The number of benzene rings is 1. The first-order valence-corrected chi connectivity index (χ1v) is 10.0. The fourth-order valence-corrected chi connectivity index (χ4v) is 4.69. The van der Waals surface area contributed by atoms with Crippen molar-refractivity contribution in [1.29, 1.82) is 0 Å². The molecule has 0 aromatic heterocycles. The normalized spacial score (nSPS) is 27.2. The van der Waals surface area contributed by atoms with Gasteiger partial charge in [0.05, 0.1) is 0 Å². The molecule has 1 aliphatic carbocycles. The summed E-state index contributed by atoms with van der Waals surface area (Å²) in [5, 5.41) is 6.41. The zero-order valence-electron chi connectivity index (χ0n) is 15.6. The summed E-state index contributed by atoms with van der Waals surface area (Å²) >= 11 is 0. The van der Waals surface area contributed by atoms with Gasteiger partial charge in [-0.2, -0.15) is 0 Å². The van der Waals surface area contributed by atoms with Gasteiger partial charge in [-0.1, -0.05) is 0 Å². The van der Waals surface area contributed by atoms with Crippen molar-refractivity contribution >= 4 is 17.5 Å². The molecule has 26 heavy (non-hydrogen) atoms. The number of carbonyl (C=O) groups is 2. The van der Waals surface area contributed by atoms with Crippen molar-refractivity contribution in [2.24, 2.45) is 11.3 Å². The van der Waals surface area contributed by atoms with Crippen LogP contribution in [0.4, 0.5) is 5.69 Å². The van der Waals surface area contributed by atoms with Gasteiger partial charge in [0.25, 0.3) is 5.91 Å². The summed E-state index contributed by atoms with van der Waals surface area (Å²) in [6, 6.07) is 7.71.